The summed E-state index contributed by atoms with van der Waals surface area (Å²) in [4.78, 5) is 4.33. The fourth-order valence-corrected chi connectivity index (χ4v) is 1.14. The Morgan fingerprint density at radius 3 is 2.50 bits per heavy atom. The second-order valence-electron chi connectivity index (χ2n) is 3.07. The molecular weight excluding hydrogens is 212 g/mol. The Bertz CT molecular complexity index is 187. The molecule has 2 N–H and O–H groups in total. The van der Waals surface area contributed by atoms with E-state index >= 15 is 0 Å². The van der Waals surface area contributed by atoms with E-state index in [2.05, 4.69) is 24.2 Å². The van der Waals surface area contributed by atoms with E-state index in [9.17, 15) is 0 Å². The number of rotatable bonds is 0. The van der Waals surface area contributed by atoms with E-state index in [1.165, 1.54) is 5.71 Å². The lowest BCUT2D eigenvalue weighted by molar-refractivity contribution is -1.92. The number of hydrogen-bond donors (Lipinski definition) is 2. The van der Waals surface area contributed by atoms with Gasteiger partial charge in [0.1, 0.15) is 0 Å². The molecule has 0 saturated heterocycles. The van der Waals surface area contributed by atoms with E-state index in [0.29, 0.717) is 6.04 Å². The fraction of sp³-hybridized carbons (Fsp3) is 0.857. The molecule has 0 aliphatic carbocycles. The predicted molar refractivity (Wildman–Crippen MR) is 42.3 cm³/mol. The highest BCUT2D eigenvalue weighted by atomic mass is 35.7. The molecule has 1 aliphatic heterocycles. The van der Waals surface area contributed by atoms with Crippen LogP contribution in [0.25, 0.3) is 0 Å². The van der Waals surface area contributed by atoms with E-state index in [1.807, 2.05) is 0 Å². The van der Waals surface area contributed by atoms with Crippen LogP contribution in [0, 0.1) is 10.2 Å². The van der Waals surface area contributed by atoms with Crippen molar-refractivity contribution in [3.05, 3.63) is 0 Å². The highest BCUT2D eigenvalue weighted by Gasteiger charge is 2.05. The maximum atomic E-state index is 8.60. The van der Waals surface area contributed by atoms with Gasteiger partial charge >= 0.3 is 0 Å². The molecule has 1 unspecified atom stereocenters. The van der Waals surface area contributed by atoms with Crippen molar-refractivity contribution >= 4 is 5.71 Å². The smallest absolute Gasteiger partial charge is 0.0777 e. The van der Waals surface area contributed by atoms with Crippen LogP contribution in [0.15, 0.2) is 4.99 Å². The third kappa shape index (κ3) is 11.8. The summed E-state index contributed by atoms with van der Waals surface area (Å²) in [7, 11) is -4.69. The monoisotopic (exact) mass is 226 g/mol. The molecule has 1 atom stereocenters. The van der Waals surface area contributed by atoms with Gasteiger partial charge in [-0.05, 0) is 13.8 Å². The first-order valence-electron chi connectivity index (χ1n) is 4.15. The van der Waals surface area contributed by atoms with E-state index in [1.54, 1.807) is 0 Å². The van der Waals surface area contributed by atoms with E-state index in [-0.39, 0.29) is 0 Å². The summed E-state index contributed by atoms with van der Waals surface area (Å²) in [6, 6.07) is 0.622. The molecule has 0 aromatic carbocycles. The Kier molecular flexibility index (Phi) is 6.17. The molecule has 14 heavy (non-hydrogen) atoms. The van der Waals surface area contributed by atoms with Crippen molar-refractivity contribution in [2.75, 3.05) is 13.1 Å². The van der Waals surface area contributed by atoms with Gasteiger partial charge in [0.15, 0.2) is 0 Å². The van der Waals surface area contributed by atoms with Crippen LogP contribution in [0.4, 0.5) is 0 Å². The first kappa shape index (κ1) is 13.8. The Labute approximate surface area is 85.0 Å². The normalized spacial score (nSPS) is 23.0. The molecule has 0 radical (unpaired) electrons. The Hall–Kier alpha value is -0.240. The van der Waals surface area contributed by atoms with Crippen LogP contribution in [-0.2, 0) is 0 Å². The summed E-state index contributed by atoms with van der Waals surface area (Å²) in [5.41, 5.74) is 1.28. The molecule has 0 amide bonds. The molecule has 0 aromatic heterocycles. The third-order valence-corrected chi connectivity index (χ3v) is 1.59. The van der Waals surface area contributed by atoms with Gasteiger partial charge in [0.05, 0.1) is 21.4 Å². The first-order chi connectivity index (χ1) is 6.29. The highest BCUT2D eigenvalue weighted by Crippen LogP contribution is 1.96. The summed E-state index contributed by atoms with van der Waals surface area (Å²) < 4.78 is 32.7. The first-order valence-corrected chi connectivity index (χ1v) is 5.42. The van der Waals surface area contributed by atoms with Gasteiger partial charge in [-0.1, -0.05) is 0 Å². The molecular formula is C7H15ClN2O4. The van der Waals surface area contributed by atoms with Crippen molar-refractivity contribution in [3.8, 4) is 0 Å². The lowest BCUT2D eigenvalue weighted by Gasteiger charge is -2.07. The average Bonchev–Trinajstić information content (AvgIpc) is 2.09. The number of hydrogen-bond acceptors (Lipinski definition) is 6. The summed E-state index contributed by atoms with van der Waals surface area (Å²) >= 11 is 0. The maximum Gasteiger partial charge on any atom is 0.0777 e. The molecule has 0 fully saturated rings. The number of nitrogens with one attached hydrogen (secondary N) is 1. The Balaban J connectivity index is 0.000000292. The lowest BCUT2D eigenvalue weighted by Crippen LogP contribution is -2.58. The molecule has 1 aliphatic rings. The van der Waals surface area contributed by atoms with Crippen LogP contribution in [0.2, 0.25) is 0 Å². The van der Waals surface area contributed by atoms with E-state index < -0.39 is 10.2 Å². The van der Waals surface area contributed by atoms with Crippen molar-refractivity contribution in [3.63, 3.8) is 0 Å². The van der Waals surface area contributed by atoms with Crippen LogP contribution in [0.1, 0.15) is 20.3 Å². The van der Waals surface area contributed by atoms with Gasteiger partial charge in [0.2, 0.25) is 0 Å². The van der Waals surface area contributed by atoms with Crippen LogP contribution in [0.5, 0.6) is 0 Å². The van der Waals surface area contributed by atoms with Gasteiger partial charge in [-0.15, -0.1) is 0 Å². The molecule has 84 valence electrons. The second kappa shape index (κ2) is 6.28. The molecule has 1 heterocycles. The maximum absolute atomic E-state index is 8.60. The average molecular weight is 227 g/mol. The topological polar surface area (TPSA) is 114 Å². The van der Waals surface area contributed by atoms with Gasteiger partial charge in [0, 0.05) is 24.7 Å². The van der Waals surface area contributed by atoms with Gasteiger partial charge in [0.25, 0.3) is 0 Å². The Morgan fingerprint density at radius 2 is 2.00 bits per heavy atom. The summed E-state index contributed by atoms with van der Waals surface area (Å²) in [5.74, 6) is 0. The lowest BCUT2D eigenvalue weighted by atomic mass is 10.2. The zero-order valence-corrected chi connectivity index (χ0v) is 8.95. The minimum atomic E-state index is -4.69. The zero-order valence-electron chi connectivity index (χ0n) is 8.20. The largest absolute Gasteiger partial charge is 0.312 e. The van der Waals surface area contributed by atoms with Crippen molar-refractivity contribution < 1.29 is 28.9 Å². The van der Waals surface area contributed by atoms with E-state index in [0.717, 1.165) is 19.5 Å². The van der Waals surface area contributed by atoms with Gasteiger partial charge < -0.3 is 5.32 Å². The summed E-state index contributed by atoms with van der Waals surface area (Å²) in [6.07, 6.45) is 1.11. The van der Waals surface area contributed by atoms with Crippen molar-refractivity contribution in [1.82, 2.24) is 5.32 Å². The minimum Gasteiger partial charge on any atom is -0.312 e. The summed E-state index contributed by atoms with van der Waals surface area (Å²) in [5, 5.41) is 3.36. The predicted octanol–water partition coefficient (Wildman–Crippen LogP) is -3.29. The minimum absolute atomic E-state index is 0.622. The molecule has 7 heteroatoms. The van der Waals surface area contributed by atoms with Crippen LogP contribution in [-0.4, -0.2) is 29.5 Å². The van der Waals surface area contributed by atoms with Crippen molar-refractivity contribution in [2.45, 2.75) is 26.3 Å². The molecule has 0 saturated carbocycles. The molecule has 0 spiro atoms. The van der Waals surface area contributed by atoms with Crippen LogP contribution < -0.4 is 19.3 Å². The summed E-state index contributed by atoms with van der Waals surface area (Å²) in [6.45, 7) is 6.29. The second-order valence-corrected chi connectivity index (χ2v) is 3.86. The Morgan fingerprint density at radius 1 is 1.50 bits per heavy atom. The highest BCUT2D eigenvalue weighted by molar-refractivity contribution is 5.82. The van der Waals surface area contributed by atoms with Crippen molar-refractivity contribution in [2.24, 2.45) is 4.99 Å². The van der Waals surface area contributed by atoms with Crippen LogP contribution in [0.3, 0.4) is 0 Å². The quantitative estimate of drug-likeness (QED) is 0.449. The molecule has 0 aromatic rings. The number of halogens is 1. The van der Waals surface area contributed by atoms with Gasteiger partial charge in [-0.25, -0.2) is 0 Å². The zero-order chi connectivity index (χ0) is 11.2. The standard InChI is InChI=1S/C7H14N2.ClHO4/c1-6-5-7(2)9-4-3-8-6;2-1(3,4)5/h6,8H,3-5H2,1-2H3;(H,2,3,4,5). The number of aliphatic imine (C=N–C) groups is 1. The van der Waals surface area contributed by atoms with Crippen molar-refractivity contribution in [1.29, 1.82) is 0 Å². The molecule has 0 bridgehead atoms. The molecule has 1 rings (SSSR count). The van der Waals surface area contributed by atoms with Crippen LogP contribution >= 0.6 is 0 Å². The SMILES string of the molecule is CC1=NCCNC(C)C1.[O-][Cl+3]([O-])([O-])O. The van der Waals surface area contributed by atoms with E-state index in [4.69, 9.17) is 18.6 Å². The third-order valence-electron chi connectivity index (χ3n) is 1.59. The van der Waals surface area contributed by atoms with Gasteiger partial charge in [-0.2, -0.15) is 14.0 Å². The molecule has 6 nitrogen and oxygen atoms in total. The fourth-order valence-electron chi connectivity index (χ4n) is 1.14. The number of nitrogens with zero attached hydrogens (tertiary/aromatic N) is 1. The van der Waals surface area contributed by atoms with Gasteiger partial charge in [-0.3, -0.25) is 4.99 Å².